The smallest absolute Gasteiger partial charge is 0.282 e. The topological polar surface area (TPSA) is 27.7 Å². The van der Waals surface area contributed by atoms with Gasteiger partial charge in [0.2, 0.25) is 0 Å². The van der Waals surface area contributed by atoms with Crippen LogP contribution in [0.4, 0.5) is 0 Å². The van der Waals surface area contributed by atoms with Gasteiger partial charge in [-0.15, -0.1) is 0 Å². The van der Waals surface area contributed by atoms with E-state index < -0.39 is 5.97 Å². The Morgan fingerprint density at radius 1 is 1.08 bits per heavy atom. The molecule has 0 radical (unpaired) electrons. The monoisotopic (exact) mass is 174 g/mol. The molecule has 0 unspecified atom stereocenters. The number of rotatable bonds is 5. The van der Waals surface area contributed by atoms with Gasteiger partial charge in [0, 0.05) is 27.8 Å². The van der Waals surface area contributed by atoms with Crippen LogP contribution in [0.25, 0.3) is 0 Å². The van der Waals surface area contributed by atoms with Crippen LogP contribution in [-0.2, 0) is 14.2 Å². The van der Waals surface area contributed by atoms with E-state index in [-0.39, 0.29) is 0 Å². The lowest BCUT2D eigenvalue weighted by Crippen LogP contribution is -2.39. The normalized spacial score (nSPS) is 19.2. The standard InChI is InChI=1S/C9H18O3/c1-10-9(11-2,12-3)7-8-5-4-6-8/h8H,4-7H2,1-3H3. The number of hydrogen-bond donors (Lipinski definition) is 0. The van der Waals surface area contributed by atoms with Crippen molar-refractivity contribution in [2.75, 3.05) is 21.3 Å². The van der Waals surface area contributed by atoms with E-state index in [0.717, 1.165) is 6.42 Å². The average Bonchev–Trinajstić information content (AvgIpc) is 2.05. The van der Waals surface area contributed by atoms with Crippen molar-refractivity contribution >= 4 is 0 Å². The first-order chi connectivity index (χ1) is 5.76. The molecule has 1 aliphatic rings. The van der Waals surface area contributed by atoms with E-state index in [1.807, 2.05) is 0 Å². The van der Waals surface area contributed by atoms with Crippen LogP contribution >= 0.6 is 0 Å². The van der Waals surface area contributed by atoms with E-state index in [4.69, 9.17) is 14.2 Å². The SMILES string of the molecule is COC(CC1CCC1)(OC)OC. The molecule has 0 saturated heterocycles. The van der Waals surface area contributed by atoms with Crippen molar-refractivity contribution in [3.63, 3.8) is 0 Å². The Balaban J connectivity index is 2.39. The first kappa shape index (κ1) is 9.96. The Bertz CT molecular complexity index is 119. The molecule has 1 rings (SSSR count). The molecule has 0 aromatic heterocycles. The molecule has 3 nitrogen and oxygen atoms in total. The van der Waals surface area contributed by atoms with Gasteiger partial charge in [-0.2, -0.15) is 0 Å². The van der Waals surface area contributed by atoms with E-state index in [1.165, 1.54) is 19.3 Å². The van der Waals surface area contributed by atoms with Gasteiger partial charge in [-0.1, -0.05) is 19.3 Å². The first-order valence-corrected chi connectivity index (χ1v) is 4.42. The number of ether oxygens (including phenoxy) is 3. The minimum absolute atomic E-state index is 0.713. The van der Waals surface area contributed by atoms with Crippen molar-refractivity contribution in [1.29, 1.82) is 0 Å². The second kappa shape index (κ2) is 4.21. The van der Waals surface area contributed by atoms with Crippen LogP contribution in [0.15, 0.2) is 0 Å². The third-order valence-electron chi connectivity index (χ3n) is 2.70. The summed E-state index contributed by atoms with van der Waals surface area (Å²) in [6.07, 6.45) is 4.73. The summed E-state index contributed by atoms with van der Waals surface area (Å²) in [6.45, 7) is 0. The molecule has 3 heteroatoms. The molecule has 0 bridgehead atoms. The molecule has 1 aliphatic carbocycles. The maximum atomic E-state index is 5.20. The summed E-state index contributed by atoms with van der Waals surface area (Å²) < 4.78 is 15.6. The van der Waals surface area contributed by atoms with Crippen molar-refractivity contribution in [3.05, 3.63) is 0 Å². The molecule has 12 heavy (non-hydrogen) atoms. The fraction of sp³-hybridized carbons (Fsp3) is 1.00. The quantitative estimate of drug-likeness (QED) is 0.594. The van der Waals surface area contributed by atoms with Gasteiger partial charge < -0.3 is 14.2 Å². The third kappa shape index (κ3) is 1.97. The van der Waals surface area contributed by atoms with Crippen molar-refractivity contribution in [1.82, 2.24) is 0 Å². The molecule has 0 spiro atoms. The Morgan fingerprint density at radius 3 is 1.83 bits per heavy atom. The maximum absolute atomic E-state index is 5.20. The van der Waals surface area contributed by atoms with Crippen molar-refractivity contribution in [2.45, 2.75) is 31.7 Å². The fourth-order valence-electron chi connectivity index (χ4n) is 1.55. The van der Waals surface area contributed by atoms with Crippen molar-refractivity contribution < 1.29 is 14.2 Å². The van der Waals surface area contributed by atoms with Crippen LogP contribution in [0.2, 0.25) is 0 Å². The van der Waals surface area contributed by atoms with Crippen LogP contribution in [0.3, 0.4) is 0 Å². The van der Waals surface area contributed by atoms with Crippen LogP contribution in [-0.4, -0.2) is 27.3 Å². The van der Waals surface area contributed by atoms with E-state index in [9.17, 15) is 0 Å². The molecule has 0 heterocycles. The van der Waals surface area contributed by atoms with E-state index in [0.29, 0.717) is 5.92 Å². The summed E-state index contributed by atoms with van der Waals surface area (Å²) in [4.78, 5) is 0. The van der Waals surface area contributed by atoms with Gasteiger partial charge in [0.05, 0.1) is 0 Å². The van der Waals surface area contributed by atoms with Gasteiger partial charge >= 0.3 is 0 Å². The van der Waals surface area contributed by atoms with Crippen molar-refractivity contribution in [3.8, 4) is 0 Å². The first-order valence-electron chi connectivity index (χ1n) is 4.42. The predicted octanol–water partition coefficient (Wildman–Crippen LogP) is 1.77. The lowest BCUT2D eigenvalue weighted by molar-refractivity contribution is -0.361. The zero-order valence-corrected chi connectivity index (χ0v) is 8.13. The minimum atomic E-state index is -0.801. The Hall–Kier alpha value is -0.120. The van der Waals surface area contributed by atoms with Gasteiger partial charge in [0.1, 0.15) is 0 Å². The summed E-state index contributed by atoms with van der Waals surface area (Å²) in [5.41, 5.74) is 0. The molecule has 0 atom stereocenters. The Labute approximate surface area is 74.0 Å². The highest BCUT2D eigenvalue weighted by Crippen LogP contribution is 2.35. The van der Waals surface area contributed by atoms with Crippen LogP contribution < -0.4 is 0 Å². The van der Waals surface area contributed by atoms with E-state index in [1.54, 1.807) is 21.3 Å². The molecule has 0 N–H and O–H groups in total. The molecule has 1 fully saturated rings. The third-order valence-corrected chi connectivity index (χ3v) is 2.70. The molecule has 1 saturated carbocycles. The second-order valence-corrected chi connectivity index (χ2v) is 3.30. The summed E-state index contributed by atoms with van der Waals surface area (Å²) in [5, 5.41) is 0. The molecule has 72 valence electrons. The molecule has 0 aliphatic heterocycles. The van der Waals surface area contributed by atoms with Crippen LogP contribution in [0.1, 0.15) is 25.7 Å². The predicted molar refractivity (Wildman–Crippen MR) is 45.7 cm³/mol. The lowest BCUT2D eigenvalue weighted by atomic mass is 9.82. The minimum Gasteiger partial charge on any atom is -0.331 e. The summed E-state index contributed by atoms with van der Waals surface area (Å²) in [5.74, 6) is -0.0877. The molecule has 0 amide bonds. The zero-order chi connectivity index (χ0) is 9.03. The summed E-state index contributed by atoms with van der Waals surface area (Å²) >= 11 is 0. The highest BCUT2D eigenvalue weighted by molar-refractivity contribution is 4.73. The Kier molecular flexibility index (Phi) is 3.50. The van der Waals surface area contributed by atoms with Gasteiger partial charge in [0.15, 0.2) is 0 Å². The molecular formula is C9H18O3. The maximum Gasteiger partial charge on any atom is 0.282 e. The highest BCUT2D eigenvalue weighted by atomic mass is 16.9. The lowest BCUT2D eigenvalue weighted by Gasteiger charge is -2.35. The number of hydrogen-bond acceptors (Lipinski definition) is 3. The van der Waals surface area contributed by atoms with Crippen LogP contribution in [0.5, 0.6) is 0 Å². The summed E-state index contributed by atoms with van der Waals surface area (Å²) in [7, 11) is 4.85. The van der Waals surface area contributed by atoms with E-state index >= 15 is 0 Å². The number of methoxy groups -OCH3 is 3. The molecular weight excluding hydrogens is 156 g/mol. The van der Waals surface area contributed by atoms with E-state index in [2.05, 4.69) is 0 Å². The average molecular weight is 174 g/mol. The van der Waals surface area contributed by atoms with Gasteiger partial charge in [0.25, 0.3) is 5.97 Å². The second-order valence-electron chi connectivity index (χ2n) is 3.30. The van der Waals surface area contributed by atoms with Gasteiger partial charge in [-0.25, -0.2) is 0 Å². The fourth-order valence-corrected chi connectivity index (χ4v) is 1.55. The summed E-state index contributed by atoms with van der Waals surface area (Å²) in [6, 6.07) is 0. The van der Waals surface area contributed by atoms with Crippen molar-refractivity contribution in [2.24, 2.45) is 5.92 Å². The van der Waals surface area contributed by atoms with Crippen LogP contribution in [0, 0.1) is 5.92 Å². The van der Waals surface area contributed by atoms with Gasteiger partial charge in [-0.05, 0) is 5.92 Å². The highest BCUT2D eigenvalue weighted by Gasteiger charge is 2.35. The zero-order valence-electron chi connectivity index (χ0n) is 8.13. The molecule has 0 aromatic rings. The Morgan fingerprint density at radius 2 is 1.58 bits per heavy atom. The molecule has 0 aromatic carbocycles. The largest absolute Gasteiger partial charge is 0.331 e. The van der Waals surface area contributed by atoms with Gasteiger partial charge in [-0.3, -0.25) is 0 Å².